The Morgan fingerprint density at radius 2 is 1.48 bits per heavy atom. The molecule has 0 radical (unpaired) electrons. The van der Waals surface area contributed by atoms with Gasteiger partial charge < -0.3 is 0 Å². The first-order chi connectivity index (χ1) is 11.7. The van der Waals surface area contributed by atoms with Gasteiger partial charge in [0.1, 0.15) is 0 Å². The van der Waals surface area contributed by atoms with Crippen molar-refractivity contribution in [3.05, 3.63) is 82.4 Å². The Kier molecular flexibility index (Phi) is 4.17. The fraction of sp³-hybridized carbons (Fsp3) is 0.292. The fourth-order valence-electron chi connectivity index (χ4n) is 3.47. The van der Waals surface area contributed by atoms with Crippen LogP contribution in [0, 0.1) is 11.3 Å². The minimum atomic E-state index is 0.0512. The summed E-state index contributed by atoms with van der Waals surface area (Å²) in [7, 11) is 0. The fourth-order valence-corrected chi connectivity index (χ4v) is 3.47. The van der Waals surface area contributed by atoms with Crippen molar-refractivity contribution in [3.63, 3.8) is 0 Å². The highest BCUT2D eigenvalue weighted by molar-refractivity contribution is 5.81. The van der Waals surface area contributed by atoms with Crippen LogP contribution in [0.25, 0.3) is 11.6 Å². The Balaban J connectivity index is 2.02. The molecule has 0 saturated heterocycles. The van der Waals surface area contributed by atoms with Gasteiger partial charge in [-0.15, -0.1) is 0 Å². The van der Waals surface area contributed by atoms with E-state index in [9.17, 15) is 0 Å². The van der Waals surface area contributed by atoms with Gasteiger partial charge in [-0.2, -0.15) is 5.26 Å². The minimum Gasteiger partial charge on any atom is -0.192 e. The molecule has 0 unspecified atom stereocenters. The highest BCUT2D eigenvalue weighted by Gasteiger charge is 2.32. The summed E-state index contributed by atoms with van der Waals surface area (Å²) in [6, 6.07) is 16.7. The van der Waals surface area contributed by atoms with Crippen LogP contribution in [0.15, 0.2) is 54.6 Å². The van der Waals surface area contributed by atoms with Crippen LogP contribution in [0.5, 0.6) is 0 Å². The lowest BCUT2D eigenvalue weighted by Gasteiger charge is -2.37. The molecule has 0 aliphatic heterocycles. The van der Waals surface area contributed by atoms with E-state index in [1.54, 1.807) is 0 Å². The van der Waals surface area contributed by atoms with E-state index in [-0.39, 0.29) is 10.8 Å². The van der Waals surface area contributed by atoms with E-state index >= 15 is 0 Å². The van der Waals surface area contributed by atoms with Gasteiger partial charge in [-0.1, -0.05) is 76.3 Å². The number of rotatable bonds is 2. The van der Waals surface area contributed by atoms with Gasteiger partial charge in [0.05, 0.1) is 11.6 Å². The van der Waals surface area contributed by atoms with Crippen LogP contribution in [-0.4, -0.2) is 0 Å². The molecule has 2 aromatic rings. The zero-order chi connectivity index (χ0) is 18.2. The van der Waals surface area contributed by atoms with E-state index in [0.717, 1.165) is 5.56 Å². The molecular weight excluding hydrogens is 302 g/mol. The first-order valence-electron chi connectivity index (χ1n) is 8.77. The maximum atomic E-state index is 8.92. The van der Waals surface area contributed by atoms with Crippen LogP contribution in [-0.2, 0) is 10.8 Å². The molecule has 0 bridgehead atoms. The standard InChI is InChI=1S/C24H25N/c1-17(14-18-6-8-19(16-25)9-7-18)20-10-11-21-22(15-20)24(4,5)13-12-23(21,2)3/h6-15H,1-5H3/b17-14+. The molecule has 25 heavy (non-hydrogen) atoms. The second-order valence-electron chi connectivity index (χ2n) is 8.10. The molecule has 1 heteroatoms. The Morgan fingerprint density at radius 1 is 0.880 bits per heavy atom. The Labute approximate surface area is 151 Å². The van der Waals surface area contributed by atoms with Crippen molar-refractivity contribution in [2.45, 2.75) is 45.4 Å². The Bertz CT molecular complexity index is 900. The summed E-state index contributed by atoms with van der Waals surface area (Å²) in [6.45, 7) is 11.3. The number of fused-ring (bicyclic) bond motifs is 1. The average Bonchev–Trinajstić information content (AvgIpc) is 2.59. The number of allylic oxidation sites excluding steroid dienone is 3. The smallest absolute Gasteiger partial charge is 0.0991 e. The highest BCUT2D eigenvalue weighted by atomic mass is 14.4. The lowest BCUT2D eigenvalue weighted by Crippen LogP contribution is -2.29. The van der Waals surface area contributed by atoms with Gasteiger partial charge in [0.15, 0.2) is 0 Å². The second kappa shape index (κ2) is 6.05. The van der Waals surface area contributed by atoms with Gasteiger partial charge in [0.25, 0.3) is 0 Å². The minimum absolute atomic E-state index is 0.0512. The molecule has 1 aliphatic carbocycles. The summed E-state index contributed by atoms with van der Waals surface area (Å²) in [5.74, 6) is 0. The first-order valence-corrected chi connectivity index (χ1v) is 8.77. The monoisotopic (exact) mass is 327 g/mol. The lowest BCUT2D eigenvalue weighted by atomic mass is 9.67. The number of nitrogens with zero attached hydrogens (tertiary/aromatic N) is 1. The van der Waals surface area contributed by atoms with Crippen LogP contribution in [0.2, 0.25) is 0 Å². The molecule has 0 spiro atoms. The summed E-state index contributed by atoms with van der Waals surface area (Å²) in [5, 5.41) is 8.92. The van der Waals surface area contributed by atoms with Crippen molar-refractivity contribution in [2.75, 3.05) is 0 Å². The third kappa shape index (κ3) is 3.30. The quantitative estimate of drug-likeness (QED) is 0.473. The van der Waals surface area contributed by atoms with Gasteiger partial charge in [-0.05, 0) is 46.9 Å². The van der Waals surface area contributed by atoms with Crippen LogP contribution in [0.3, 0.4) is 0 Å². The van der Waals surface area contributed by atoms with Crippen molar-refractivity contribution in [1.29, 1.82) is 5.26 Å². The number of hydrogen-bond donors (Lipinski definition) is 0. The summed E-state index contributed by atoms with van der Waals surface area (Å²) in [5.41, 5.74) is 7.25. The van der Waals surface area contributed by atoms with E-state index in [4.69, 9.17) is 5.26 Å². The van der Waals surface area contributed by atoms with E-state index in [2.05, 4.69) is 77.1 Å². The highest BCUT2D eigenvalue weighted by Crippen LogP contribution is 2.42. The largest absolute Gasteiger partial charge is 0.192 e. The maximum absolute atomic E-state index is 8.92. The maximum Gasteiger partial charge on any atom is 0.0991 e. The predicted molar refractivity (Wildman–Crippen MR) is 106 cm³/mol. The van der Waals surface area contributed by atoms with E-state index in [1.165, 1.54) is 22.3 Å². The summed E-state index contributed by atoms with van der Waals surface area (Å²) in [6.07, 6.45) is 6.84. The molecule has 0 amide bonds. The normalized spacial score (nSPS) is 17.7. The summed E-state index contributed by atoms with van der Waals surface area (Å²) < 4.78 is 0. The van der Waals surface area contributed by atoms with Crippen LogP contribution >= 0.6 is 0 Å². The van der Waals surface area contributed by atoms with Crippen LogP contribution < -0.4 is 0 Å². The Morgan fingerprint density at radius 3 is 2.08 bits per heavy atom. The molecular formula is C24H25N. The van der Waals surface area contributed by atoms with Crippen molar-refractivity contribution in [2.24, 2.45) is 0 Å². The van der Waals surface area contributed by atoms with E-state index in [0.29, 0.717) is 5.56 Å². The zero-order valence-electron chi connectivity index (χ0n) is 15.7. The van der Waals surface area contributed by atoms with E-state index < -0.39 is 0 Å². The third-order valence-corrected chi connectivity index (χ3v) is 5.20. The van der Waals surface area contributed by atoms with Crippen molar-refractivity contribution in [3.8, 4) is 6.07 Å². The molecule has 3 rings (SSSR count). The van der Waals surface area contributed by atoms with Crippen molar-refractivity contribution < 1.29 is 0 Å². The van der Waals surface area contributed by atoms with Crippen molar-refractivity contribution >= 4 is 11.6 Å². The third-order valence-electron chi connectivity index (χ3n) is 5.20. The molecule has 0 heterocycles. The number of hydrogen-bond acceptors (Lipinski definition) is 1. The topological polar surface area (TPSA) is 23.8 Å². The zero-order valence-corrected chi connectivity index (χ0v) is 15.7. The second-order valence-corrected chi connectivity index (χ2v) is 8.10. The molecule has 0 aromatic heterocycles. The molecule has 1 aliphatic rings. The number of nitriles is 1. The molecule has 0 atom stereocenters. The van der Waals surface area contributed by atoms with Crippen molar-refractivity contribution in [1.82, 2.24) is 0 Å². The molecule has 126 valence electrons. The molecule has 1 nitrogen and oxygen atoms in total. The Hall–Kier alpha value is -2.59. The van der Waals surface area contributed by atoms with Gasteiger partial charge in [0.2, 0.25) is 0 Å². The average molecular weight is 327 g/mol. The van der Waals surface area contributed by atoms with Gasteiger partial charge in [-0.25, -0.2) is 0 Å². The SMILES string of the molecule is C/C(=C\c1ccc(C#N)cc1)c1ccc2c(c1)C(C)(C)C=CC2(C)C. The predicted octanol–water partition coefficient (Wildman–Crippen LogP) is 6.24. The number of benzene rings is 2. The van der Waals surface area contributed by atoms with Crippen LogP contribution in [0.1, 0.15) is 62.4 Å². The van der Waals surface area contributed by atoms with Gasteiger partial charge in [0, 0.05) is 10.8 Å². The first kappa shape index (κ1) is 17.2. The van der Waals surface area contributed by atoms with Gasteiger partial charge >= 0.3 is 0 Å². The summed E-state index contributed by atoms with van der Waals surface area (Å²) in [4.78, 5) is 0. The molecule has 0 N–H and O–H groups in total. The lowest BCUT2D eigenvalue weighted by molar-refractivity contribution is 0.563. The molecule has 0 saturated carbocycles. The van der Waals surface area contributed by atoms with E-state index in [1.807, 2.05) is 24.3 Å². The molecule has 2 aromatic carbocycles. The summed E-state index contributed by atoms with van der Waals surface area (Å²) >= 11 is 0. The van der Waals surface area contributed by atoms with Crippen LogP contribution in [0.4, 0.5) is 0 Å². The van der Waals surface area contributed by atoms with Gasteiger partial charge in [-0.3, -0.25) is 0 Å². The molecule has 0 fully saturated rings.